The number of amides is 2. The van der Waals surface area contributed by atoms with Crippen LogP contribution in [0, 0.1) is 0 Å². The second kappa shape index (κ2) is 12.6. The van der Waals surface area contributed by atoms with Gasteiger partial charge in [0, 0.05) is 38.3 Å². The summed E-state index contributed by atoms with van der Waals surface area (Å²) in [5.74, 6) is 1.01. The van der Waals surface area contributed by atoms with E-state index in [1.165, 1.54) is 45.2 Å². The van der Waals surface area contributed by atoms with Gasteiger partial charge in [-0.1, -0.05) is 6.42 Å². The molecule has 0 radical (unpaired) electrons. The molecule has 30 heavy (non-hydrogen) atoms. The second-order valence-electron chi connectivity index (χ2n) is 8.48. The zero-order valence-corrected chi connectivity index (χ0v) is 18.3. The molecule has 3 aliphatic heterocycles. The first-order valence-corrected chi connectivity index (χ1v) is 11.7. The standard InChI is InChI=1S/C19H28N2O2.C5H9NO/c22-19(21-14-4-5-15-21)17-7-9-18(10-8-17)23-16-6-13-20-11-2-1-3-12-20;7-5-6-3-1-2-4-6/h7-10H,1-6,11-16H2;5H,1-4H2. The molecule has 166 valence electrons. The summed E-state index contributed by atoms with van der Waals surface area (Å²) in [5.41, 5.74) is 0.771. The summed E-state index contributed by atoms with van der Waals surface area (Å²) in [5, 5.41) is 0. The van der Waals surface area contributed by atoms with Crippen LogP contribution in [0.4, 0.5) is 0 Å². The van der Waals surface area contributed by atoms with Gasteiger partial charge in [0.1, 0.15) is 5.75 Å². The van der Waals surface area contributed by atoms with Crippen LogP contribution in [0.3, 0.4) is 0 Å². The average Bonchev–Trinajstić information content (AvgIpc) is 3.52. The summed E-state index contributed by atoms with van der Waals surface area (Å²) >= 11 is 0. The van der Waals surface area contributed by atoms with E-state index in [1.54, 1.807) is 4.90 Å². The third-order valence-electron chi connectivity index (χ3n) is 6.12. The van der Waals surface area contributed by atoms with Gasteiger partial charge in [-0.3, -0.25) is 9.59 Å². The molecule has 0 aromatic heterocycles. The summed E-state index contributed by atoms with van der Waals surface area (Å²) in [4.78, 5) is 28.5. The number of carbonyl (C=O) groups is 2. The second-order valence-corrected chi connectivity index (χ2v) is 8.48. The Labute approximate surface area is 181 Å². The fourth-order valence-electron chi connectivity index (χ4n) is 4.30. The predicted molar refractivity (Wildman–Crippen MR) is 119 cm³/mol. The Morgan fingerprint density at radius 1 is 0.833 bits per heavy atom. The zero-order valence-electron chi connectivity index (χ0n) is 18.3. The number of nitrogens with zero attached hydrogens (tertiary/aromatic N) is 3. The summed E-state index contributed by atoms with van der Waals surface area (Å²) in [6.45, 7) is 8.11. The van der Waals surface area contributed by atoms with E-state index in [9.17, 15) is 9.59 Å². The Kier molecular flexibility index (Phi) is 9.48. The zero-order chi connectivity index (χ0) is 21.0. The van der Waals surface area contributed by atoms with Crippen molar-refractivity contribution in [3.8, 4) is 5.75 Å². The first kappa shape index (κ1) is 22.6. The molecule has 6 heteroatoms. The molecular formula is C24H37N3O3. The Morgan fingerprint density at radius 2 is 1.43 bits per heavy atom. The van der Waals surface area contributed by atoms with Crippen molar-refractivity contribution in [2.75, 3.05) is 52.4 Å². The maximum Gasteiger partial charge on any atom is 0.253 e. The van der Waals surface area contributed by atoms with Crippen molar-refractivity contribution >= 4 is 12.3 Å². The molecule has 3 aliphatic rings. The minimum absolute atomic E-state index is 0.152. The van der Waals surface area contributed by atoms with Crippen LogP contribution in [0.25, 0.3) is 0 Å². The van der Waals surface area contributed by atoms with Crippen LogP contribution in [0.5, 0.6) is 5.75 Å². The lowest BCUT2D eigenvalue weighted by Crippen LogP contribution is -2.31. The first-order chi connectivity index (χ1) is 14.8. The van der Waals surface area contributed by atoms with Crippen molar-refractivity contribution in [1.82, 2.24) is 14.7 Å². The van der Waals surface area contributed by atoms with E-state index in [2.05, 4.69) is 4.90 Å². The molecule has 0 saturated carbocycles. The number of rotatable bonds is 7. The molecule has 3 heterocycles. The number of hydrogen-bond donors (Lipinski definition) is 0. The lowest BCUT2D eigenvalue weighted by molar-refractivity contribution is -0.117. The molecular weight excluding hydrogens is 378 g/mol. The van der Waals surface area contributed by atoms with E-state index < -0.39 is 0 Å². The topological polar surface area (TPSA) is 53.1 Å². The molecule has 6 nitrogen and oxygen atoms in total. The first-order valence-electron chi connectivity index (χ1n) is 11.7. The van der Waals surface area contributed by atoms with Crippen molar-refractivity contribution in [1.29, 1.82) is 0 Å². The van der Waals surface area contributed by atoms with Crippen molar-refractivity contribution in [2.45, 2.75) is 51.4 Å². The van der Waals surface area contributed by atoms with Gasteiger partial charge in [-0.05, 0) is 82.3 Å². The molecule has 3 saturated heterocycles. The smallest absolute Gasteiger partial charge is 0.253 e. The maximum absolute atomic E-state index is 12.3. The minimum atomic E-state index is 0.152. The highest BCUT2D eigenvalue weighted by Crippen LogP contribution is 2.17. The molecule has 4 rings (SSSR count). The van der Waals surface area contributed by atoms with E-state index in [0.717, 1.165) is 76.3 Å². The van der Waals surface area contributed by atoms with Crippen molar-refractivity contribution in [3.05, 3.63) is 29.8 Å². The Hall–Kier alpha value is -2.08. The van der Waals surface area contributed by atoms with E-state index >= 15 is 0 Å². The third-order valence-corrected chi connectivity index (χ3v) is 6.12. The van der Waals surface area contributed by atoms with Gasteiger partial charge in [-0.15, -0.1) is 0 Å². The fourth-order valence-corrected chi connectivity index (χ4v) is 4.30. The normalized spacial score (nSPS) is 19.3. The Balaban J connectivity index is 0.000000310. The molecule has 0 atom stereocenters. The monoisotopic (exact) mass is 415 g/mol. The van der Waals surface area contributed by atoms with Crippen LogP contribution in [0.1, 0.15) is 61.7 Å². The average molecular weight is 416 g/mol. The van der Waals surface area contributed by atoms with Crippen LogP contribution < -0.4 is 4.74 Å². The van der Waals surface area contributed by atoms with E-state index in [4.69, 9.17) is 4.74 Å². The van der Waals surface area contributed by atoms with E-state index in [1.807, 2.05) is 29.2 Å². The van der Waals surface area contributed by atoms with E-state index in [0.29, 0.717) is 0 Å². The minimum Gasteiger partial charge on any atom is -0.494 e. The molecule has 0 spiro atoms. The number of likely N-dealkylation sites (tertiary alicyclic amines) is 3. The number of hydrogen-bond acceptors (Lipinski definition) is 4. The van der Waals surface area contributed by atoms with E-state index in [-0.39, 0.29) is 5.91 Å². The van der Waals surface area contributed by atoms with Gasteiger partial charge in [0.2, 0.25) is 6.41 Å². The summed E-state index contributed by atoms with van der Waals surface area (Å²) in [6.07, 6.45) is 10.7. The highest BCUT2D eigenvalue weighted by Gasteiger charge is 2.19. The van der Waals surface area contributed by atoms with Gasteiger partial charge in [-0.2, -0.15) is 0 Å². The SMILES string of the molecule is O=C(c1ccc(OCCCN2CCCCC2)cc1)N1CCCC1.O=CN1CCCC1. The predicted octanol–water partition coefficient (Wildman–Crippen LogP) is 3.42. The molecule has 1 aromatic rings. The molecule has 0 unspecified atom stereocenters. The Bertz CT molecular complexity index is 632. The highest BCUT2D eigenvalue weighted by molar-refractivity contribution is 5.94. The van der Waals surface area contributed by atoms with Gasteiger partial charge in [-0.25, -0.2) is 0 Å². The van der Waals surface area contributed by atoms with Crippen LogP contribution in [0.15, 0.2) is 24.3 Å². The molecule has 0 N–H and O–H groups in total. The van der Waals surface area contributed by atoms with Gasteiger partial charge in [0.15, 0.2) is 0 Å². The molecule has 3 fully saturated rings. The molecule has 0 bridgehead atoms. The number of ether oxygens (including phenoxy) is 1. The molecule has 2 amide bonds. The van der Waals surface area contributed by atoms with Crippen LogP contribution >= 0.6 is 0 Å². The number of benzene rings is 1. The summed E-state index contributed by atoms with van der Waals surface area (Å²) in [6, 6.07) is 7.62. The largest absolute Gasteiger partial charge is 0.494 e. The van der Waals surface area contributed by atoms with Gasteiger partial charge in [0.05, 0.1) is 6.61 Å². The van der Waals surface area contributed by atoms with Gasteiger partial charge in [0.25, 0.3) is 5.91 Å². The van der Waals surface area contributed by atoms with Gasteiger partial charge >= 0.3 is 0 Å². The summed E-state index contributed by atoms with van der Waals surface area (Å²) in [7, 11) is 0. The maximum atomic E-state index is 12.3. The van der Waals surface area contributed by atoms with Crippen molar-refractivity contribution in [3.63, 3.8) is 0 Å². The molecule has 1 aromatic carbocycles. The third kappa shape index (κ3) is 7.31. The summed E-state index contributed by atoms with van der Waals surface area (Å²) < 4.78 is 5.81. The number of piperidine rings is 1. The van der Waals surface area contributed by atoms with Crippen LogP contribution in [-0.4, -0.2) is 79.4 Å². The highest BCUT2D eigenvalue weighted by atomic mass is 16.5. The van der Waals surface area contributed by atoms with Crippen LogP contribution in [0.2, 0.25) is 0 Å². The van der Waals surface area contributed by atoms with Crippen molar-refractivity contribution in [2.24, 2.45) is 0 Å². The Morgan fingerprint density at radius 3 is 2.03 bits per heavy atom. The molecule has 0 aliphatic carbocycles. The number of carbonyl (C=O) groups excluding carboxylic acids is 2. The lowest BCUT2D eigenvalue weighted by Gasteiger charge is -2.26. The van der Waals surface area contributed by atoms with Gasteiger partial charge < -0.3 is 19.4 Å². The van der Waals surface area contributed by atoms with Crippen molar-refractivity contribution < 1.29 is 14.3 Å². The van der Waals surface area contributed by atoms with Crippen LogP contribution in [-0.2, 0) is 4.79 Å². The quantitative estimate of drug-likeness (QED) is 0.506. The lowest BCUT2D eigenvalue weighted by atomic mass is 10.1. The fraction of sp³-hybridized carbons (Fsp3) is 0.667.